The summed E-state index contributed by atoms with van der Waals surface area (Å²) in [6.45, 7) is 4.87. The van der Waals surface area contributed by atoms with E-state index in [1.807, 2.05) is 4.90 Å². The summed E-state index contributed by atoms with van der Waals surface area (Å²) in [4.78, 5) is 43.8. The number of aliphatic hydroxyl groups is 1. The molecule has 3 aliphatic heterocycles. The van der Waals surface area contributed by atoms with Gasteiger partial charge in [-0.25, -0.2) is 0 Å². The number of ether oxygens (including phenoxy) is 2. The number of β-amino-alcohol motifs (C(OH)–C–C–N with tert-alkyl or cyclic N) is 1. The lowest BCUT2D eigenvalue weighted by atomic mass is 10.1. The minimum atomic E-state index is -0.846. The Bertz CT molecular complexity index is 857. The fourth-order valence-corrected chi connectivity index (χ4v) is 4.17. The minimum absolute atomic E-state index is 0.123. The number of hydrogen-bond acceptors (Lipinski definition) is 8. The van der Waals surface area contributed by atoms with Crippen LogP contribution in [0.4, 0.5) is 5.69 Å². The third-order valence-electron chi connectivity index (χ3n) is 5.93. The van der Waals surface area contributed by atoms with Crippen LogP contribution >= 0.6 is 0 Å². The smallest absolute Gasteiger partial charge is 0.243 e. The van der Waals surface area contributed by atoms with Gasteiger partial charge >= 0.3 is 0 Å². The molecule has 11 nitrogen and oxygen atoms in total. The first-order valence-electron chi connectivity index (χ1n) is 10.9. The van der Waals surface area contributed by atoms with Gasteiger partial charge in [0, 0.05) is 57.6 Å². The normalized spacial score (nSPS) is 21.3. The Balaban J connectivity index is 1.33. The van der Waals surface area contributed by atoms with E-state index >= 15 is 0 Å². The number of nitrogens with zero attached hydrogens (tertiary/aromatic N) is 3. The van der Waals surface area contributed by atoms with E-state index in [1.165, 1.54) is 4.90 Å². The molecule has 1 aromatic carbocycles. The molecule has 0 aromatic heterocycles. The van der Waals surface area contributed by atoms with Crippen molar-refractivity contribution in [2.75, 3.05) is 71.1 Å². The third kappa shape index (κ3) is 5.29. The SMILES string of the molecule is O=C(C[C@@H]1C(=O)NCCN1C(=O)CN1CCN(CCO)CC1)Nc1ccc2c(c1)OCO2. The predicted molar refractivity (Wildman–Crippen MR) is 114 cm³/mol. The Morgan fingerprint density at radius 3 is 2.62 bits per heavy atom. The van der Waals surface area contributed by atoms with E-state index in [-0.39, 0.29) is 44.1 Å². The van der Waals surface area contributed by atoms with Gasteiger partial charge in [0.15, 0.2) is 11.5 Å². The number of fused-ring (bicyclic) bond motifs is 1. The van der Waals surface area contributed by atoms with E-state index in [4.69, 9.17) is 14.6 Å². The van der Waals surface area contributed by atoms with Crippen molar-refractivity contribution in [3.8, 4) is 11.5 Å². The number of carbonyl (C=O) groups excluding carboxylic acids is 3. The van der Waals surface area contributed by atoms with Crippen molar-refractivity contribution in [2.45, 2.75) is 12.5 Å². The summed E-state index contributed by atoms with van der Waals surface area (Å²) >= 11 is 0. The first kappa shape index (κ1) is 22.3. The summed E-state index contributed by atoms with van der Waals surface area (Å²) in [5.74, 6) is 0.327. The van der Waals surface area contributed by atoms with Crippen molar-refractivity contribution in [3.63, 3.8) is 0 Å². The Morgan fingerprint density at radius 1 is 1.09 bits per heavy atom. The Kier molecular flexibility index (Phi) is 7.08. The van der Waals surface area contributed by atoms with Gasteiger partial charge in [-0.1, -0.05) is 0 Å². The van der Waals surface area contributed by atoms with Crippen LogP contribution in [0.1, 0.15) is 6.42 Å². The monoisotopic (exact) mass is 447 g/mol. The molecule has 0 saturated carbocycles. The maximum atomic E-state index is 13.0. The van der Waals surface area contributed by atoms with E-state index in [1.54, 1.807) is 18.2 Å². The molecule has 2 fully saturated rings. The van der Waals surface area contributed by atoms with Crippen LogP contribution in [0.2, 0.25) is 0 Å². The molecule has 0 radical (unpaired) electrons. The van der Waals surface area contributed by atoms with Crippen LogP contribution in [0.25, 0.3) is 0 Å². The molecule has 0 aliphatic carbocycles. The van der Waals surface area contributed by atoms with Gasteiger partial charge in [-0.2, -0.15) is 0 Å². The minimum Gasteiger partial charge on any atom is -0.454 e. The number of aliphatic hydroxyl groups excluding tert-OH is 1. The molecule has 174 valence electrons. The highest BCUT2D eigenvalue weighted by Crippen LogP contribution is 2.34. The standard InChI is InChI=1S/C21H29N5O6/c27-10-9-24-5-7-25(8-6-24)13-20(29)26-4-3-22-21(30)16(26)12-19(28)23-15-1-2-17-18(11-15)32-14-31-17/h1-2,11,16,27H,3-10,12-14H2,(H,22,30)(H,23,28)/t16-/m1/s1. The highest BCUT2D eigenvalue weighted by Gasteiger charge is 2.35. The quantitative estimate of drug-likeness (QED) is 0.470. The molecule has 4 rings (SSSR count). The molecule has 3 N–H and O–H groups in total. The van der Waals surface area contributed by atoms with E-state index < -0.39 is 6.04 Å². The topological polar surface area (TPSA) is 124 Å². The fraction of sp³-hybridized carbons (Fsp3) is 0.571. The van der Waals surface area contributed by atoms with Crippen molar-refractivity contribution >= 4 is 23.4 Å². The van der Waals surface area contributed by atoms with Gasteiger partial charge in [0.25, 0.3) is 0 Å². The van der Waals surface area contributed by atoms with Crippen molar-refractivity contribution < 1.29 is 29.0 Å². The first-order chi connectivity index (χ1) is 15.5. The number of carbonyl (C=O) groups is 3. The fourth-order valence-electron chi connectivity index (χ4n) is 4.17. The van der Waals surface area contributed by atoms with Crippen molar-refractivity contribution in [1.82, 2.24) is 20.0 Å². The average Bonchev–Trinajstić information content (AvgIpc) is 3.24. The largest absolute Gasteiger partial charge is 0.454 e. The van der Waals surface area contributed by atoms with Crippen molar-refractivity contribution in [2.24, 2.45) is 0 Å². The van der Waals surface area contributed by atoms with Gasteiger partial charge in [0.05, 0.1) is 19.6 Å². The second-order valence-corrected chi connectivity index (χ2v) is 8.06. The summed E-state index contributed by atoms with van der Waals surface area (Å²) in [5, 5.41) is 14.6. The molecule has 1 aromatic rings. The van der Waals surface area contributed by atoms with Crippen molar-refractivity contribution in [3.05, 3.63) is 18.2 Å². The number of hydrogen-bond donors (Lipinski definition) is 3. The predicted octanol–water partition coefficient (Wildman–Crippen LogP) is -1.32. The molecular weight excluding hydrogens is 418 g/mol. The number of anilines is 1. The van der Waals surface area contributed by atoms with Crippen LogP contribution in [-0.2, 0) is 14.4 Å². The van der Waals surface area contributed by atoms with Crippen LogP contribution in [-0.4, -0.2) is 109 Å². The number of amides is 3. The molecule has 1 atom stereocenters. The molecule has 32 heavy (non-hydrogen) atoms. The maximum Gasteiger partial charge on any atom is 0.243 e. The zero-order valence-corrected chi connectivity index (χ0v) is 17.9. The van der Waals surface area contributed by atoms with Gasteiger partial charge < -0.3 is 30.1 Å². The molecule has 0 unspecified atom stereocenters. The second kappa shape index (κ2) is 10.2. The number of rotatable bonds is 7. The summed E-state index contributed by atoms with van der Waals surface area (Å²) < 4.78 is 10.6. The van der Waals surface area contributed by atoms with E-state index in [2.05, 4.69) is 15.5 Å². The summed E-state index contributed by atoms with van der Waals surface area (Å²) in [7, 11) is 0. The molecule has 3 aliphatic rings. The van der Waals surface area contributed by atoms with Gasteiger partial charge in [-0.05, 0) is 12.1 Å². The Morgan fingerprint density at radius 2 is 1.84 bits per heavy atom. The summed E-state index contributed by atoms with van der Waals surface area (Å²) in [5.41, 5.74) is 0.536. The van der Waals surface area contributed by atoms with E-state index in [0.29, 0.717) is 36.8 Å². The summed E-state index contributed by atoms with van der Waals surface area (Å²) in [6, 6.07) is 4.23. The van der Waals surface area contributed by atoms with Crippen LogP contribution in [0.5, 0.6) is 11.5 Å². The number of piperazine rings is 2. The maximum absolute atomic E-state index is 13.0. The lowest BCUT2D eigenvalue weighted by Gasteiger charge is -2.38. The third-order valence-corrected chi connectivity index (χ3v) is 5.93. The Hall–Kier alpha value is -2.89. The lowest BCUT2D eigenvalue weighted by Crippen LogP contribution is -2.60. The molecule has 2 saturated heterocycles. The average molecular weight is 447 g/mol. The van der Waals surface area contributed by atoms with Gasteiger partial charge in [-0.15, -0.1) is 0 Å². The van der Waals surface area contributed by atoms with Gasteiger partial charge in [-0.3, -0.25) is 24.2 Å². The highest BCUT2D eigenvalue weighted by molar-refractivity contribution is 5.97. The van der Waals surface area contributed by atoms with Gasteiger partial charge in [0.2, 0.25) is 24.5 Å². The molecule has 3 heterocycles. The molecule has 0 bridgehead atoms. The highest BCUT2D eigenvalue weighted by atomic mass is 16.7. The van der Waals surface area contributed by atoms with E-state index in [9.17, 15) is 14.4 Å². The molecule has 11 heteroatoms. The molecule has 3 amide bonds. The molecule has 0 spiro atoms. The zero-order valence-electron chi connectivity index (χ0n) is 17.9. The van der Waals surface area contributed by atoms with Crippen molar-refractivity contribution in [1.29, 1.82) is 0 Å². The number of nitrogens with one attached hydrogen (secondary N) is 2. The number of benzene rings is 1. The van der Waals surface area contributed by atoms with Crippen LogP contribution in [0.3, 0.4) is 0 Å². The second-order valence-electron chi connectivity index (χ2n) is 8.06. The summed E-state index contributed by atoms with van der Waals surface area (Å²) in [6.07, 6.45) is -0.129. The first-order valence-corrected chi connectivity index (χ1v) is 10.9. The van der Waals surface area contributed by atoms with Crippen LogP contribution in [0.15, 0.2) is 18.2 Å². The zero-order chi connectivity index (χ0) is 22.5. The lowest BCUT2D eigenvalue weighted by molar-refractivity contribution is -0.145. The molecular formula is C21H29N5O6. The van der Waals surface area contributed by atoms with Crippen LogP contribution < -0.4 is 20.1 Å². The van der Waals surface area contributed by atoms with E-state index in [0.717, 1.165) is 26.2 Å². The van der Waals surface area contributed by atoms with Crippen LogP contribution in [0, 0.1) is 0 Å². The van der Waals surface area contributed by atoms with Gasteiger partial charge in [0.1, 0.15) is 6.04 Å². The Labute approximate surface area is 186 Å².